The Balaban J connectivity index is 1.17. The maximum Gasteiger partial charge on any atom is 0.255 e. The normalized spacial score (nSPS) is 19.9. The van der Waals surface area contributed by atoms with Crippen LogP contribution >= 0.6 is 0 Å². The largest absolute Gasteiger partial charge is 0.490 e. The van der Waals surface area contributed by atoms with Crippen LogP contribution in [0.25, 0.3) is 11.0 Å². The number of hydrogen-bond donors (Lipinski definition) is 3. The molecule has 2 saturated heterocycles. The fourth-order valence-corrected chi connectivity index (χ4v) is 5.59. The van der Waals surface area contributed by atoms with E-state index in [4.69, 9.17) is 10.5 Å². The van der Waals surface area contributed by atoms with E-state index < -0.39 is 0 Å². The van der Waals surface area contributed by atoms with Crippen molar-refractivity contribution in [1.29, 1.82) is 0 Å². The summed E-state index contributed by atoms with van der Waals surface area (Å²) in [6.45, 7) is 3.14. The Hall–Kier alpha value is -3.13. The molecule has 4 N–H and O–H groups in total. The highest BCUT2D eigenvalue weighted by Crippen LogP contribution is 2.37. The first-order valence-electron chi connectivity index (χ1n) is 12.8. The summed E-state index contributed by atoms with van der Waals surface area (Å²) < 4.78 is 20.9. The minimum Gasteiger partial charge on any atom is -0.490 e. The van der Waals surface area contributed by atoms with Gasteiger partial charge in [0.15, 0.2) is 0 Å². The van der Waals surface area contributed by atoms with Crippen molar-refractivity contribution < 1.29 is 13.9 Å². The van der Waals surface area contributed by atoms with Gasteiger partial charge in [0.2, 0.25) is 0 Å². The first kappa shape index (κ1) is 22.3. The highest BCUT2D eigenvalue weighted by atomic mass is 19.1. The van der Waals surface area contributed by atoms with Crippen molar-refractivity contribution in [3.8, 4) is 5.75 Å². The molecule has 3 aromatic rings. The van der Waals surface area contributed by atoms with E-state index in [9.17, 15) is 4.79 Å². The van der Waals surface area contributed by atoms with Crippen LogP contribution in [0.15, 0.2) is 30.5 Å². The number of piperidine rings is 2. The Kier molecular flexibility index (Phi) is 5.84. The van der Waals surface area contributed by atoms with Crippen molar-refractivity contribution in [2.75, 3.05) is 31.9 Å². The van der Waals surface area contributed by atoms with Crippen LogP contribution < -0.4 is 15.8 Å². The summed E-state index contributed by atoms with van der Waals surface area (Å²) in [6.07, 6.45) is 7.32. The number of rotatable bonds is 5. The Morgan fingerprint density at radius 1 is 1.06 bits per heavy atom. The van der Waals surface area contributed by atoms with Crippen molar-refractivity contribution in [2.45, 2.75) is 56.5 Å². The number of ether oxygens (including phenoxy) is 1. The van der Waals surface area contributed by atoms with E-state index in [-0.39, 0.29) is 23.7 Å². The van der Waals surface area contributed by atoms with Gasteiger partial charge >= 0.3 is 0 Å². The molecule has 0 bridgehead atoms. The second-order valence-electron chi connectivity index (χ2n) is 10.2. The number of amides is 1. The third-order valence-corrected chi connectivity index (χ3v) is 7.72. The van der Waals surface area contributed by atoms with E-state index in [0.29, 0.717) is 48.8 Å². The lowest BCUT2D eigenvalue weighted by Crippen LogP contribution is -2.38. The number of hydrogen-bond acceptors (Lipinski definition) is 5. The number of anilines is 1. The fourth-order valence-electron chi connectivity index (χ4n) is 5.59. The lowest BCUT2D eigenvalue weighted by Gasteiger charge is -2.33. The number of aromatic amines is 1. The third kappa shape index (κ3) is 4.47. The molecule has 0 spiro atoms. The van der Waals surface area contributed by atoms with Gasteiger partial charge in [-0.3, -0.25) is 4.79 Å². The van der Waals surface area contributed by atoms with Gasteiger partial charge in [-0.15, -0.1) is 0 Å². The molecule has 1 aliphatic carbocycles. The van der Waals surface area contributed by atoms with Crippen LogP contribution in [-0.2, 0) is 0 Å². The molecule has 0 radical (unpaired) electrons. The molecular formula is C27H32FN5O2. The fraction of sp³-hybridized carbons (Fsp3) is 0.481. The van der Waals surface area contributed by atoms with Crippen LogP contribution in [0.5, 0.6) is 5.75 Å². The van der Waals surface area contributed by atoms with E-state index in [0.717, 1.165) is 61.1 Å². The van der Waals surface area contributed by atoms with E-state index in [1.807, 2.05) is 11.0 Å². The second kappa shape index (κ2) is 9.15. The van der Waals surface area contributed by atoms with Crippen LogP contribution in [0.1, 0.15) is 72.0 Å². The van der Waals surface area contributed by atoms with E-state index in [1.54, 1.807) is 12.1 Å². The molecule has 8 heteroatoms. The van der Waals surface area contributed by atoms with Crippen molar-refractivity contribution in [3.63, 3.8) is 0 Å². The number of pyridine rings is 1. The highest BCUT2D eigenvalue weighted by Gasteiger charge is 2.30. The number of benzene rings is 1. The topological polar surface area (TPSA) is 96.3 Å². The van der Waals surface area contributed by atoms with Gasteiger partial charge < -0.3 is 25.7 Å². The first-order chi connectivity index (χ1) is 17.1. The zero-order valence-corrected chi connectivity index (χ0v) is 19.9. The molecular weight excluding hydrogens is 445 g/mol. The molecule has 4 heterocycles. The summed E-state index contributed by atoms with van der Waals surface area (Å²) in [7, 11) is 0. The van der Waals surface area contributed by atoms with E-state index in [2.05, 4.69) is 21.4 Å². The number of aromatic nitrogens is 2. The molecule has 1 saturated carbocycles. The number of nitrogens with two attached hydrogens (primary N) is 1. The predicted octanol–water partition coefficient (Wildman–Crippen LogP) is 4.31. The molecule has 6 rings (SSSR count). The monoisotopic (exact) mass is 477 g/mol. The standard InChI is InChI=1S/C27H32FN5O2/c28-22-15-31-26-21(14-24(32-26)16-5-9-30-10-6-16)25(22)17-7-11-33(12-8-17)27(34)20-4-3-19(13-23(20)29)35-18-1-2-18/h3-4,13-18,30H,1-2,5-12,29H2,(H,31,32). The minimum atomic E-state index is -0.256. The Labute approximate surface area is 204 Å². The number of H-pyrrole nitrogens is 1. The Morgan fingerprint density at radius 3 is 2.54 bits per heavy atom. The van der Waals surface area contributed by atoms with Crippen LogP contribution in [0.4, 0.5) is 10.1 Å². The number of halogens is 1. The maximum atomic E-state index is 15.1. The van der Waals surface area contributed by atoms with Crippen LogP contribution in [0.2, 0.25) is 0 Å². The molecule has 3 aliphatic rings. The van der Waals surface area contributed by atoms with Gasteiger partial charge in [0.25, 0.3) is 5.91 Å². The number of likely N-dealkylation sites (tertiary alicyclic amines) is 1. The average Bonchev–Trinajstić information content (AvgIpc) is 3.59. The SMILES string of the molecule is Nc1cc(OC2CC2)ccc1C(=O)N1CCC(c2c(F)cnc3[nH]c(C4CCNCC4)cc23)CC1. The number of nitrogen functional groups attached to an aromatic ring is 1. The molecule has 3 fully saturated rings. The minimum absolute atomic E-state index is 0.0490. The van der Waals surface area contributed by atoms with Gasteiger partial charge in [-0.25, -0.2) is 9.37 Å². The highest BCUT2D eigenvalue weighted by molar-refractivity contribution is 5.99. The Morgan fingerprint density at radius 2 is 1.83 bits per heavy atom. The van der Waals surface area contributed by atoms with Gasteiger partial charge in [0.05, 0.1) is 17.9 Å². The van der Waals surface area contributed by atoms with Gasteiger partial charge in [0.1, 0.15) is 17.2 Å². The molecule has 0 atom stereocenters. The summed E-state index contributed by atoms with van der Waals surface area (Å²) >= 11 is 0. The molecule has 1 amide bonds. The summed E-state index contributed by atoms with van der Waals surface area (Å²) in [4.78, 5) is 22.8. The van der Waals surface area contributed by atoms with Crippen LogP contribution in [0, 0.1) is 5.82 Å². The summed E-state index contributed by atoms with van der Waals surface area (Å²) in [5, 5.41) is 4.28. The molecule has 2 aromatic heterocycles. The van der Waals surface area contributed by atoms with Crippen LogP contribution in [-0.4, -0.2) is 53.1 Å². The van der Waals surface area contributed by atoms with Gasteiger partial charge in [-0.2, -0.15) is 0 Å². The lowest BCUT2D eigenvalue weighted by atomic mass is 9.87. The van der Waals surface area contributed by atoms with Gasteiger partial charge in [-0.1, -0.05) is 0 Å². The van der Waals surface area contributed by atoms with Crippen molar-refractivity contribution >= 4 is 22.6 Å². The van der Waals surface area contributed by atoms with Crippen molar-refractivity contribution in [3.05, 3.63) is 53.1 Å². The van der Waals surface area contributed by atoms with Crippen LogP contribution in [0.3, 0.4) is 0 Å². The predicted molar refractivity (Wildman–Crippen MR) is 133 cm³/mol. The van der Waals surface area contributed by atoms with E-state index in [1.165, 1.54) is 6.20 Å². The number of carbonyl (C=O) groups is 1. The molecule has 2 aliphatic heterocycles. The zero-order valence-electron chi connectivity index (χ0n) is 19.9. The summed E-state index contributed by atoms with van der Waals surface area (Å²) in [5.74, 6) is 0.885. The quantitative estimate of drug-likeness (QED) is 0.476. The maximum absolute atomic E-state index is 15.1. The van der Waals surface area contributed by atoms with Crippen molar-refractivity contribution in [2.24, 2.45) is 0 Å². The smallest absolute Gasteiger partial charge is 0.255 e. The zero-order chi connectivity index (χ0) is 23.9. The number of nitrogens with one attached hydrogen (secondary N) is 2. The molecule has 184 valence electrons. The third-order valence-electron chi connectivity index (χ3n) is 7.72. The van der Waals surface area contributed by atoms with Gasteiger partial charge in [0, 0.05) is 47.4 Å². The molecule has 1 aromatic carbocycles. The van der Waals surface area contributed by atoms with Gasteiger partial charge in [-0.05, 0) is 75.7 Å². The number of fused-ring (bicyclic) bond motifs is 1. The average molecular weight is 478 g/mol. The Bertz CT molecular complexity index is 1240. The lowest BCUT2D eigenvalue weighted by molar-refractivity contribution is 0.0713. The van der Waals surface area contributed by atoms with Crippen molar-refractivity contribution in [1.82, 2.24) is 20.2 Å². The number of carbonyl (C=O) groups excluding carboxylic acids is 1. The van der Waals surface area contributed by atoms with E-state index >= 15 is 4.39 Å². The summed E-state index contributed by atoms with van der Waals surface area (Å²) in [5.41, 5.74) is 9.78. The molecule has 35 heavy (non-hydrogen) atoms. The first-order valence-corrected chi connectivity index (χ1v) is 12.8. The second-order valence-corrected chi connectivity index (χ2v) is 10.2. The molecule has 0 unspecified atom stereocenters. The molecule has 7 nitrogen and oxygen atoms in total. The summed E-state index contributed by atoms with van der Waals surface area (Å²) in [6, 6.07) is 7.44. The number of nitrogens with zero attached hydrogens (tertiary/aromatic N) is 2.